The number of nitrogens with zero attached hydrogens (tertiary/aromatic N) is 2. The molecule has 0 aliphatic carbocycles. The topological polar surface area (TPSA) is 42.0 Å². The molecule has 1 atom stereocenters. The van der Waals surface area contributed by atoms with Crippen LogP contribution in [-0.2, 0) is 4.74 Å². The van der Waals surface area contributed by atoms with Gasteiger partial charge >= 0.3 is 0 Å². The summed E-state index contributed by atoms with van der Waals surface area (Å²) in [5, 5.41) is 0. The van der Waals surface area contributed by atoms with Crippen LogP contribution in [0.2, 0.25) is 0 Å². The monoisotopic (exact) mass is 318 g/mol. The third-order valence-electron chi connectivity index (χ3n) is 4.67. The van der Waals surface area contributed by atoms with Crippen molar-refractivity contribution in [2.75, 3.05) is 45.9 Å². The lowest BCUT2D eigenvalue weighted by Crippen LogP contribution is -2.48. The average molecular weight is 318 g/mol. The minimum Gasteiger partial charge on any atom is -0.490 e. The molecule has 0 bridgehead atoms. The summed E-state index contributed by atoms with van der Waals surface area (Å²) in [6.07, 6.45) is 2.29. The highest BCUT2D eigenvalue weighted by Gasteiger charge is 2.24. The highest BCUT2D eigenvalue weighted by atomic mass is 16.5. The van der Waals surface area contributed by atoms with Crippen molar-refractivity contribution in [1.29, 1.82) is 0 Å². The van der Waals surface area contributed by atoms with Gasteiger partial charge in [-0.25, -0.2) is 0 Å². The summed E-state index contributed by atoms with van der Waals surface area (Å²) in [5.41, 5.74) is 0.662. The van der Waals surface area contributed by atoms with Crippen molar-refractivity contribution < 1.29 is 14.3 Å². The molecule has 1 unspecified atom stereocenters. The van der Waals surface area contributed by atoms with E-state index in [0.29, 0.717) is 17.9 Å². The first kappa shape index (κ1) is 16.3. The molecule has 23 heavy (non-hydrogen) atoms. The first-order chi connectivity index (χ1) is 11.3. The van der Waals surface area contributed by atoms with Crippen molar-refractivity contribution in [1.82, 2.24) is 9.80 Å². The molecule has 0 radical (unpaired) electrons. The zero-order chi connectivity index (χ0) is 16.1. The predicted octanol–water partition coefficient (Wildman–Crippen LogP) is 2.02. The zero-order valence-electron chi connectivity index (χ0n) is 13.9. The second kappa shape index (κ2) is 7.79. The van der Waals surface area contributed by atoms with Gasteiger partial charge in [0.25, 0.3) is 5.91 Å². The molecule has 0 saturated carbocycles. The molecule has 3 rings (SSSR count). The van der Waals surface area contributed by atoms with Gasteiger partial charge in [0.15, 0.2) is 0 Å². The number of rotatable bonds is 5. The molecule has 2 aliphatic heterocycles. The van der Waals surface area contributed by atoms with E-state index in [0.717, 1.165) is 52.2 Å². The molecule has 1 amide bonds. The van der Waals surface area contributed by atoms with E-state index < -0.39 is 0 Å². The third-order valence-corrected chi connectivity index (χ3v) is 4.67. The number of ether oxygens (including phenoxy) is 2. The number of carbonyl (C=O) groups excluding carboxylic acids is 1. The Morgan fingerprint density at radius 3 is 2.74 bits per heavy atom. The van der Waals surface area contributed by atoms with E-state index in [1.54, 1.807) is 0 Å². The van der Waals surface area contributed by atoms with Gasteiger partial charge in [-0.2, -0.15) is 0 Å². The summed E-state index contributed by atoms with van der Waals surface area (Å²) >= 11 is 0. The summed E-state index contributed by atoms with van der Waals surface area (Å²) in [6.45, 7) is 8.00. The quantitative estimate of drug-likeness (QED) is 0.833. The molecule has 2 aliphatic rings. The molecule has 0 N–H and O–H groups in total. The van der Waals surface area contributed by atoms with Crippen LogP contribution in [0.1, 0.15) is 30.1 Å². The van der Waals surface area contributed by atoms with Crippen LogP contribution in [0.25, 0.3) is 0 Å². The molecule has 5 nitrogen and oxygen atoms in total. The molecule has 2 saturated heterocycles. The van der Waals surface area contributed by atoms with Crippen LogP contribution < -0.4 is 4.74 Å². The van der Waals surface area contributed by atoms with Crippen molar-refractivity contribution in [3.8, 4) is 5.75 Å². The van der Waals surface area contributed by atoms with Crippen molar-refractivity contribution in [3.63, 3.8) is 0 Å². The van der Waals surface area contributed by atoms with Crippen molar-refractivity contribution in [3.05, 3.63) is 29.8 Å². The summed E-state index contributed by atoms with van der Waals surface area (Å²) in [6, 6.07) is 7.55. The summed E-state index contributed by atoms with van der Waals surface area (Å²) < 4.78 is 11.5. The van der Waals surface area contributed by atoms with Crippen LogP contribution in [-0.4, -0.2) is 67.7 Å². The number of hydrogen-bond donors (Lipinski definition) is 0. The number of benzene rings is 1. The van der Waals surface area contributed by atoms with Crippen molar-refractivity contribution in [2.24, 2.45) is 0 Å². The number of carbonyl (C=O) groups is 1. The van der Waals surface area contributed by atoms with E-state index in [1.165, 1.54) is 0 Å². The molecule has 2 fully saturated rings. The lowest BCUT2D eigenvalue weighted by Gasteiger charge is -2.34. The zero-order valence-corrected chi connectivity index (χ0v) is 13.9. The number of para-hydroxylation sites is 1. The van der Waals surface area contributed by atoms with Gasteiger partial charge in [0.2, 0.25) is 0 Å². The maximum absolute atomic E-state index is 12.8. The van der Waals surface area contributed by atoms with E-state index in [-0.39, 0.29) is 12.0 Å². The van der Waals surface area contributed by atoms with Gasteiger partial charge in [0, 0.05) is 32.8 Å². The number of piperazine rings is 1. The molecule has 0 spiro atoms. The molecule has 2 heterocycles. The summed E-state index contributed by atoms with van der Waals surface area (Å²) in [7, 11) is 0. The first-order valence-electron chi connectivity index (χ1n) is 8.63. The Hall–Kier alpha value is -1.59. The second-order valence-electron chi connectivity index (χ2n) is 6.17. The van der Waals surface area contributed by atoms with Crippen LogP contribution in [0.15, 0.2) is 24.3 Å². The number of amides is 1. The van der Waals surface area contributed by atoms with E-state index in [9.17, 15) is 4.79 Å². The number of hydrogen-bond acceptors (Lipinski definition) is 4. The molecule has 1 aromatic carbocycles. The Morgan fingerprint density at radius 2 is 2.04 bits per heavy atom. The van der Waals surface area contributed by atoms with Crippen molar-refractivity contribution in [2.45, 2.75) is 25.9 Å². The lowest BCUT2D eigenvalue weighted by atomic mass is 10.1. The largest absolute Gasteiger partial charge is 0.490 e. The van der Waals surface area contributed by atoms with Crippen LogP contribution in [0.3, 0.4) is 0 Å². The van der Waals surface area contributed by atoms with Gasteiger partial charge in [-0.05, 0) is 31.5 Å². The average Bonchev–Trinajstić information content (AvgIpc) is 3.13. The first-order valence-corrected chi connectivity index (χ1v) is 8.63. The maximum Gasteiger partial charge on any atom is 0.257 e. The fourth-order valence-electron chi connectivity index (χ4n) is 3.17. The highest BCUT2D eigenvalue weighted by Crippen LogP contribution is 2.22. The molecule has 126 valence electrons. The molecule has 0 aromatic heterocycles. The lowest BCUT2D eigenvalue weighted by molar-refractivity contribution is 0.0603. The minimum atomic E-state index is 0.0729. The summed E-state index contributed by atoms with van der Waals surface area (Å²) in [5.74, 6) is 0.745. The normalized spacial score (nSPS) is 22.3. The Bertz CT molecular complexity index is 521. The number of likely N-dealkylation sites (N-methyl/N-ethyl adjacent to an activating group) is 1. The van der Waals surface area contributed by atoms with Gasteiger partial charge in [0.1, 0.15) is 12.4 Å². The highest BCUT2D eigenvalue weighted by molar-refractivity contribution is 5.97. The Labute approximate surface area is 138 Å². The van der Waals surface area contributed by atoms with Crippen LogP contribution in [0, 0.1) is 0 Å². The maximum atomic E-state index is 12.8. The van der Waals surface area contributed by atoms with E-state index in [1.807, 2.05) is 29.2 Å². The molecular weight excluding hydrogens is 292 g/mol. The second-order valence-corrected chi connectivity index (χ2v) is 6.17. The van der Waals surface area contributed by atoms with E-state index in [4.69, 9.17) is 9.47 Å². The van der Waals surface area contributed by atoms with Crippen LogP contribution in [0.4, 0.5) is 0 Å². The minimum absolute atomic E-state index is 0.0729. The Morgan fingerprint density at radius 1 is 1.26 bits per heavy atom. The fraction of sp³-hybridized carbons (Fsp3) is 0.611. The SMILES string of the molecule is CCN1CCN(C(=O)c2ccccc2OCC2CCCO2)CC1. The standard InChI is InChI=1S/C18H26N2O3/c1-2-19-9-11-20(12-10-19)18(21)16-7-3-4-8-17(16)23-14-15-6-5-13-22-15/h3-4,7-8,15H,2,5-6,9-14H2,1H3. The molecule has 1 aromatic rings. The predicted molar refractivity (Wildman–Crippen MR) is 88.9 cm³/mol. The summed E-state index contributed by atoms with van der Waals surface area (Å²) in [4.78, 5) is 17.1. The van der Waals surface area contributed by atoms with E-state index >= 15 is 0 Å². The third kappa shape index (κ3) is 4.03. The van der Waals surface area contributed by atoms with Gasteiger partial charge in [-0.1, -0.05) is 19.1 Å². The van der Waals surface area contributed by atoms with Crippen LogP contribution >= 0.6 is 0 Å². The van der Waals surface area contributed by atoms with Gasteiger partial charge in [0.05, 0.1) is 11.7 Å². The van der Waals surface area contributed by atoms with Crippen molar-refractivity contribution >= 4 is 5.91 Å². The Kier molecular flexibility index (Phi) is 5.51. The van der Waals surface area contributed by atoms with Crippen LogP contribution in [0.5, 0.6) is 5.75 Å². The fourth-order valence-corrected chi connectivity index (χ4v) is 3.17. The van der Waals surface area contributed by atoms with Gasteiger partial charge in [-0.3, -0.25) is 4.79 Å². The molecular formula is C18H26N2O3. The smallest absolute Gasteiger partial charge is 0.257 e. The van der Waals surface area contributed by atoms with Gasteiger partial charge in [-0.15, -0.1) is 0 Å². The van der Waals surface area contributed by atoms with E-state index in [2.05, 4.69) is 11.8 Å². The Balaban J connectivity index is 1.63. The van der Waals surface area contributed by atoms with Gasteiger partial charge < -0.3 is 19.3 Å². The molecule has 5 heteroatoms.